The molecular weight excluding hydrogens is 310 g/mol. The average Bonchev–Trinajstić information content (AvgIpc) is 3.18. The van der Waals surface area contributed by atoms with Gasteiger partial charge in [-0.2, -0.15) is 0 Å². The van der Waals surface area contributed by atoms with Gasteiger partial charge in [-0.25, -0.2) is 8.78 Å². The molecule has 2 saturated heterocycles. The summed E-state index contributed by atoms with van der Waals surface area (Å²) >= 11 is 0. The summed E-state index contributed by atoms with van der Waals surface area (Å²) < 4.78 is 47.0. The van der Waals surface area contributed by atoms with Crippen molar-refractivity contribution in [1.82, 2.24) is 0 Å². The van der Waals surface area contributed by atoms with E-state index in [9.17, 15) is 13.6 Å². The molecular formula is C16H24F2O5. The Labute approximate surface area is 134 Å². The molecule has 132 valence electrons. The number of hydrogen-bond donors (Lipinski definition) is 0. The molecule has 4 fully saturated rings. The maximum Gasteiger partial charge on any atom is 0.248 e. The van der Waals surface area contributed by atoms with Crippen molar-refractivity contribution in [3.63, 3.8) is 0 Å². The molecule has 0 aromatic carbocycles. The number of halogens is 2. The summed E-state index contributed by atoms with van der Waals surface area (Å²) in [5, 5.41) is 0. The van der Waals surface area contributed by atoms with E-state index in [-0.39, 0.29) is 18.6 Å². The quantitative estimate of drug-likeness (QED) is 0.682. The first-order valence-electron chi connectivity index (χ1n) is 8.38. The van der Waals surface area contributed by atoms with Gasteiger partial charge in [0.05, 0.1) is 26.4 Å². The van der Waals surface area contributed by atoms with Gasteiger partial charge < -0.3 is 18.9 Å². The molecule has 2 saturated carbocycles. The van der Waals surface area contributed by atoms with E-state index in [0.29, 0.717) is 57.9 Å². The fourth-order valence-corrected chi connectivity index (χ4v) is 3.48. The molecule has 0 radical (unpaired) electrons. The molecule has 23 heavy (non-hydrogen) atoms. The Kier molecular flexibility index (Phi) is 5.01. The van der Waals surface area contributed by atoms with Crippen LogP contribution in [0.25, 0.3) is 0 Å². The third-order valence-corrected chi connectivity index (χ3v) is 4.94. The van der Waals surface area contributed by atoms with Crippen molar-refractivity contribution < 1.29 is 32.5 Å². The normalized spacial score (nSPS) is 31.1. The van der Waals surface area contributed by atoms with Crippen LogP contribution in [-0.2, 0) is 23.7 Å². The van der Waals surface area contributed by atoms with Gasteiger partial charge in [-0.15, -0.1) is 0 Å². The molecule has 0 amide bonds. The zero-order chi connectivity index (χ0) is 16.4. The molecule has 0 unspecified atom stereocenters. The summed E-state index contributed by atoms with van der Waals surface area (Å²) in [6, 6.07) is 0. The molecule has 2 aliphatic heterocycles. The molecule has 4 aliphatic rings. The van der Waals surface area contributed by atoms with E-state index in [1.54, 1.807) is 0 Å². The minimum atomic E-state index is -2.50. The number of alkyl halides is 2. The first-order valence-corrected chi connectivity index (χ1v) is 8.38. The molecule has 2 spiro atoms. The van der Waals surface area contributed by atoms with Gasteiger partial charge in [-0.1, -0.05) is 0 Å². The first kappa shape index (κ1) is 17.2. The van der Waals surface area contributed by atoms with Crippen molar-refractivity contribution in [3.05, 3.63) is 0 Å². The van der Waals surface area contributed by atoms with Gasteiger partial charge in [0.2, 0.25) is 5.92 Å². The number of rotatable bonds is 0. The summed E-state index contributed by atoms with van der Waals surface area (Å²) in [5.41, 5.74) is 0. The molecule has 0 atom stereocenters. The Morgan fingerprint density at radius 1 is 0.652 bits per heavy atom. The molecule has 7 heteroatoms. The SMILES string of the molecule is FC1(F)CCC2(CC1)OCCO2.O=C1CCC2(CC1)OCCO2. The van der Waals surface area contributed by atoms with E-state index in [0.717, 1.165) is 12.8 Å². The second kappa shape index (κ2) is 6.70. The van der Waals surface area contributed by atoms with Crippen molar-refractivity contribution in [2.45, 2.75) is 68.9 Å². The average molecular weight is 334 g/mol. The Balaban J connectivity index is 0.000000136. The van der Waals surface area contributed by atoms with Crippen LogP contribution in [0.15, 0.2) is 0 Å². The first-order chi connectivity index (χ1) is 10.9. The van der Waals surface area contributed by atoms with Crippen molar-refractivity contribution >= 4 is 5.78 Å². The van der Waals surface area contributed by atoms with Crippen molar-refractivity contribution in [2.75, 3.05) is 26.4 Å². The highest BCUT2D eigenvalue weighted by Gasteiger charge is 2.46. The lowest BCUT2D eigenvalue weighted by Gasteiger charge is -2.34. The van der Waals surface area contributed by atoms with Gasteiger partial charge in [0.25, 0.3) is 0 Å². The third kappa shape index (κ3) is 4.26. The van der Waals surface area contributed by atoms with Crippen LogP contribution in [0.2, 0.25) is 0 Å². The number of hydrogen-bond acceptors (Lipinski definition) is 5. The van der Waals surface area contributed by atoms with Crippen LogP contribution < -0.4 is 0 Å². The summed E-state index contributed by atoms with van der Waals surface area (Å²) in [6.45, 7) is 2.47. The maximum absolute atomic E-state index is 12.7. The summed E-state index contributed by atoms with van der Waals surface area (Å²) in [5.74, 6) is -3.18. The van der Waals surface area contributed by atoms with Crippen LogP contribution in [0, 0.1) is 0 Å². The second-order valence-electron chi connectivity index (χ2n) is 6.61. The monoisotopic (exact) mass is 334 g/mol. The fraction of sp³-hybridized carbons (Fsp3) is 0.938. The van der Waals surface area contributed by atoms with E-state index >= 15 is 0 Å². The number of Topliss-reactive ketones (excluding diaryl/α,β-unsaturated/α-hetero) is 1. The van der Waals surface area contributed by atoms with Gasteiger partial charge in [0.1, 0.15) is 5.78 Å². The molecule has 0 aromatic heterocycles. The highest BCUT2D eigenvalue weighted by Crippen LogP contribution is 2.42. The largest absolute Gasteiger partial charge is 0.348 e. The number of carbonyl (C=O) groups is 1. The molecule has 0 bridgehead atoms. The molecule has 4 rings (SSSR count). The third-order valence-electron chi connectivity index (χ3n) is 4.94. The minimum absolute atomic E-state index is 0.104. The number of ether oxygens (including phenoxy) is 4. The Bertz CT molecular complexity index is 404. The van der Waals surface area contributed by atoms with Crippen molar-refractivity contribution in [2.24, 2.45) is 0 Å². The summed E-state index contributed by atoms with van der Waals surface area (Å²) in [6.07, 6.45) is 3.22. The standard InChI is InChI=1S/C8H12F2O2.C8H12O3/c9-7(10)1-3-8(4-2-7)11-5-6-12-8;9-7-1-3-8(4-2-7)10-5-6-11-8/h1-6H2;1-6H2. The van der Waals surface area contributed by atoms with Crippen LogP contribution in [0.4, 0.5) is 8.78 Å². The zero-order valence-electron chi connectivity index (χ0n) is 13.3. The van der Waals surface area contributed by atoms with E-state index in [2.05, 4.69) is 0 Å². The number of carbonyl (C=O) groups excluding carboxylic acids is 1. The van der Waals surface area contributed by atoms with Crippen LogP contribution in [0.3, 0.4) is 0 Å². The smallest absolute Gasteiger partial charge is 0.248 e. The Morgan fingerprint density at radius 3 is 1.48 bits per heavy atom. The molecule has 0 aromatic rings. The lowest BCUT2D eigenvalue weighted by Crippen LogP contribution is -2.39. The van der Waals surface area contributed by atoms with E-state index in [1.165, 1.54) is 0 Å². The highest BCUT2D eigenvalue weighted by atomic mass is 19.3. The Hall–Kier alpha value is -0.630. The van der Waals surface area contributed by atoms with Crippen LogP contribution in [0.1, 0.15) is 51.4 Å². The lowest BCUT2D eigenvalue weighted by atomic mass is 9.91. The fourth-order valence-electron chi connectivity index (χ4n) is 3.48. The van der Waals surface area contributed by atoms with Crippen molar-refractivity contribution in [1.29, 1.82) is 0 Å². The minimum Gasteiger partial charge on any atom is -0.348 e. The van der Waals surface area contributed by atoms with Gasteiger partial charge in [-0.05, 0) is 0 Å². The topological polar surface area (TPSA) is 54.0 Å². The zero-order valence-corrected chi connectivity index (χ0v) is 13.3. The van der Waals surface area contributed by atoms with Crippen LogP contribution in [0.5, 0.6) is 0 Å². The van der Waals surface area contributed by atoms with Crippen LogP contribution >= 0.6 is 0 Å². The molecule has 0 N–H and O–H groups in total. The van der Waals surface area contributed by atoms with Gasteiger partial charge >= 0.3 is 0 Å². The predicted molar refractivity (Wildman–Crippen MR) is 76.2 cm³/mol. The van der Waals surface area contributed by atoms with Crippen molar-refractivity contribution in [3.8, 4) is 0 Å². The number of ketones is 1. The van der Waals surface area contributed by atoms with E-state index in [4.69, 9.17) is 18.9 Å². The van der Waals surface area contributed by atoms with Crippen LogP contribution in [-0.4, -0.2) is 49.7 Å². The molecule has 2 heterocycles. The summed E-state index contributed by atoms with van der Waals surface area (Å²) in [4.78, 5) is 10.9. The van der Waals surface area contributed by atoms with E-state index < -0.39 is 11.7 Å². The van der Waals surface area contributed by atoms with Gasteiger partial charge in [0, 0.05) is 51.4 Å². The predicted octanol–water partition coefficient (Wildman–Crippen LogP) is 2.81. The van der Waals surface area contributed by atoms with Gasteiger partial charge in [-0.3, -0.25) is 4.79 Å². The van der Waals surface area contributed by atoms with E-state index in [1.807, 2.05) is 0 Å². The molecule has 5 nitrogen and oxygen atoms in total. The lowest BCUT2D eigenvalue weighted by molar-refractivity contribution is -0.210. The molecule has 2 aliphatic carbocycles. The summed E-state index contributed by atoms with van der Waals surface area (Å²) in [7, 11) is 0. The second-order valence-corrected chi connectivity index (χ2v) is 6.61. The highest BCUT2D eigenvalue weighted by molar-refractivity contribution is 5.79. The maximum atomic E-state index is 12.7. The van der Waals surface area contributed by atoms with Gasteiger partial charge in [0.15, 0.2) is 11.6 Å². The Morgan fingerprint density at radius 2 is 1.04 bits per heavy atom.